The number of aromatic amines is 1. The highest BCUT2D eigenvalue weighted by molar-refractivity contribution is 7.27. The lowest BCUT2D eigenvalue weighted by Gasteiger charge is -2.04. The summed E-state index contributed by atoms with van der Waals surface area (Å²) in [5.74, 6) is 0. The second-order valence-corrected chi connectivity index (χ2v) is 5.61. The number of hydrogen-bond acceptors (Lipinski definition) is 1. The normalized spacial score (nSPS) is 10.9. The van der Waals surface area contributed by atoms with Gasteiger partial charge in [0.1, 0.15) is 0 Å². The largest absolute Gasteiger partial charge is 0.361 e. The number of nitrogens with one attached hydrogen (secondary N) is 1. The van der Waals surface area contributed by atoms with Crippen LogP contribution in [0.25, 0.3) is 10.9 Å². The first-order chi connectivity index (χ1) is 8.61. The van der Waals surface area contributed by atoms with E-state index in [-0.39, 0.29) is 0 Å². The van der Waals surface area contributed by atoms with E-state index in [0.29, 0.717) is 6.54 Å². The van der Waals surface area contributed by atoms with E-state index in [2.05, 4.69) is 52.5 Å². The molecule has 3 N–H and O–H groups in total. The molecule has 1 aromatic heterocycles. The van der Waals surface area contributed by atoms with E-state index < -0.39 is 0 Å². The molecule has 0 aliphatic rings. The van der Waals surface area contributed by atoms with Crippen LogP contribution in [0.4, 0.5) is 0 Å². The molecule has 0 bridgehead atoms. The molecule has 1 heterocycles. The zero-order valence-corrected chi connectivity index (χ0v) is 12.2. The van der Waals surface area contributed by atoms with Crippen molar-refractivity contribution < 1.29 is 0 Å². The van der Waals surface area contributed by atoms with Crippen molar-refractivity contribution in [3.8, 4) is 0 Å². The summed E-state index contributed by atoms with van der Waals surface area (Å²) in [5.41, 5.74) is 10.9. The third kappa shape index (κ3) is 2.82. The number of H-pyrrole nitrogens is 1. The average Bonchev–Trinajstić information content (AvgIpc) is 2.70. The minimum absolute atomic E-state index is 0.692. The molecule has 1 atom stereocenters. The van der Waals surface area contributed by atoms with Crippen molar-refractivity contribution >= 4 is 25.4 Å². The van der Waals surface area contributed by atoms with Crippen LogP contribution in [0, 0.1) is 0 Å². The predicted molar refractivity (Wildman–Crippen MR) is 83.5 cm³/mol. The van der Waals surface area contributed by atoms with Gasteiger partial charge in [0.05, 0.1) is 0 Å². The number of rotatable bonds is 4. The molecule has 1 unspecified atom stereocenters. The lowest BCUT2D eigenvalue weighted by atomic mass is 10.0. The summed E-state index contributed by atoms with van der Waals surface area (Å²) < 4.78 is 0. The quantitative estimate of drug-likeness (QED) is 0.644. The lowest BCUT2D eigenvalue weighted by molar-refractivity contribution is 0.976. The molecule has 2 rings (SSSR count). The lowest BCUT2D eigenvalue weighted by Crippen LogP contribution is -2.02. The molecule has 0 saturated heterocycles. The predicted octanol–water partition coefficient (Wildman–Crippen LogP) is 2.68. The van der Waals surface area contributed by atoms with Gasteiger partial charge in [-0.2, -0.15) is 0 Å². The van der Waals surface area contributed by atoms with Gasteiger partial charge in [0.2, 0.25) is 0 Å². The van der Waals surface area contributed by atoms with E-state index >= 15 is 0 Å². The third-order valence-corrected chi connectivity index (χ3v) is 3.46. The number of hydrogen-bond donors (Lipinski definition) is 2. The molecule has 0 saturated carbocycles. The first-order valence-electron chi connectivity index (χ1n) is 6.33. The van der Waals surface area contributed by atoms with Crippen LogP contribution in [0.2, 0.25) is 0 Å². The van der Waals surface area contributed by atoms with Crippen molar-refractivity contribution in [3.63, 3.8) is 0 Å². The maximum absolute atomic E-state index is 5.66. The maximum Gasteiger partial charge on any atom is 0.0492 e. The van der Waals surface area contributed by atoms with Gasteiger partial charge in [0.25, 0.3) is 0 Å². The van der Waals surface area contributed by atoms with Crippen molar-refractivity contribution in [1.82, 2.24) is 4.98 Å². The Kier molecular flexibility index (Phi) is 4.21. The Morgan fingerprint density at radius 1 is 1.33 bits per heavy atom. The van der Waals surface area contributed by atoms with Gasteiger partial charge in [-0.15, -0.1) is 9.24 Å². The van der Waals surface area contributed by atoms with Crippen LogP contribution in [-0.4, -0.2) is 11.5 Å². The molecular formula is C15H21N2P. The molecule has 18 heavy (non-hydrogen) atoms. The van der Waals surface area contributed by atoms with E-state index in [0.717, 1.165) is 12.8 Å². The van der Waals surface area contributed by atoms with Crippen molar-refractivity contribution in [2.45, 2.75) is 26.7 Å². The highest BCUT2D eigenvalue weighted by Gasteiger charge is 2.07. The molecular weight excluding hydrogens is 239 g/mol. The van der Waals surface area contributed by atoms with Crippen molar-refractivity contribution in [3.05, 3.63) is 41.1 Å². The maximum atomic E-state index is 5.66. The van der Waals surface area contributed by atoms with Crippen LogP contribution >= 0.6 is 9.24 Å². The highest BCUT2D eigenvalue weighted by atomic mass is 31.0. The Balaban J connectivity index is 2.49. The summed E-state index contributed by atoms with van der Waals surface area (Å²) >= 11 is 0. The number of fused-ring (bicyclic) bond motifs is 1. The molecule has 0 amide bonds. The van der Waals surface area contributed by atoms with E-state index in [1.807, 2.05) is 0 Å². The first-order valence-corrected chi connectivity index (χ1v) is 6.91. The monoisotopic (exact) mass is 260 g/mol. The molecule has 96 valence electrons. The fourth-order valence-corrected chi connectivity index (χ4v) is 2.59. The summed E-state index contributed by atoms with van der Waals surface area (Å²) in [6.07, 6.45) is 6.26. The van der Waals surface area contributed by atoms with Crippen LogP contribution in [0.1, 0.15) is 25.0 Å². The SMILES string of the molecule is CC(C)=CCc1cc(P)cc2c(CCN)c[nH]c12. The topological polar surface area (TPSA) is 41.8 Å². The smallest absolute Gasteiger partial charge is 0.0492 e. The number of benzene rings is 1. The summed E-state index contributed by atoms with van der Waals surface area (Å²) in [6, 6.07) is 4.45. The van der Waals surface area contributed by atoms with Gasteiger partial charge in [0, 0.05) is 17.1 Å². The average molecular weight is 260 g/mol. The Hall–Kier alpha value is -1.11. The van der Waals surface area contributed by atoms with Crippen LogP contribution in [0.3, 0.4) is 0 Å². The standard InChI is InChI=1S/C15H21N2P/c1-10(2)3-4-11-7-13(18)8-14-12(5-6-16)9-17-15(11)14/h3,7-9,17H,4-6,16,18H2,1-2H3. The first kappa shape index (κ1) is 13.3. The zero-order chi connectivity index (χ0) is 13.1. The highest BCUT2D eigenvalue weighted by Crippen LogP contribution is 2.23. The third-order valence-electron chi connectivity index (χ3n) is 3.12. The van der Waals surface area contributed by atoms with Gasteiger partial charge >= 0.3 is 0 Å². The van der Waals surface area contributed by atoms with Gasteiger partial charge in [-0.05, 0) is 61.8 Å². The molecule has 2 nitrogen and oxygen atoms in total. The van der Waals surface area contributed by atoms with Crippen LogP contribution in [-0.2, 0) is 12.8 Å². The molecule has 0 aliphatic heterocycles. The Bertz CT molecular complexity index is 577. The summed E-state index contributed by atoms with van der Waals surface area (Å²) in [6.45, 7) is 4.96. The minimum atomic E-state index is 0.692. The number of nitrogens with two attached hydrogens (primary N) is 1. The number of aromatic nitrogens is 1. The van der Waals surface area contributed by atoms with E-state index in [9.17, 15) is 0 Å². The number of allylic oxidation sites excluding steroid dienone is 2. The fourth-order valence-electron chi connectivity index (χ4n) is 2.22. The van der Waals surface area contributed by atoms with Crippen molar-refractivity contribution in [1.29, 1.82) is 0 Å². The van der Waals surface area contributed by atoms with Gasteiger partial charge in [-0.25, -0.2) is 0 Å². The Labute approximate surface area is 111 Å². The van der Waals surface area contributed by atoms with Gasteiger partial charge < -0.3 is 10.7 Å². The molecule has 0 aliphatic carbocycles. The van der Waals surface area contributed by atoms with Crippen LogP contribution in [0.15, 0.2) is 30.0 Å². The second-order valence-electron chi connectivity index (χ2n) is 4.94. The van der Waals surface area contributed by atoms with Gasteiger partial charge in [0.15, 0.2) is 0 Å². The zero-order valence-electron chi connectivity index (χ0n) is 11.1. The molecule has 0 fully saturated rings. The van der Waals surface area contributed by atoms with Gasteiger partial charge in [-0.3, -0.25) is 0 Å². The minimum Gasteiger partial charge on any atom is -0.361 e. The molecule has 0 spiro atoms. The van der Waals surface area contributed by atoms with E-state index in [4.69, 9.17) is 5.73 Å². The molecule has 0 radical (unpaired) electrons. The molecule has 2 aromatic rings. The summed E-state index contributed by atoms with van der Waals surface area (Å²) in [7, 11) is 2.80. The second kappa shape index (κ2) is 5.69. The van der Waals surface area contributed by atoms with E-state index in [1.165, 1.54) is 32.9 Å². The van der Waals surface area contributed by atoms with Crippen LogP contribution < -0.4 is 11.0 Å². The molecule has 1 aromatic carbocycles. The summed E-state index contributed by atoms with van der Waals surface area (Å²) in [5, 5.41) is 2.54. The van der Waals surface area contributed by atoms with Gasteiger partial charge in [-0.1, -0.05) is 11.6 Å². The molecule has 3 heteroatoms. The Morgan fingerprint density at radius 3 is 2.78 bits per heavy atom. The fraction of sp³-hybridized carbons (Fsp3) is 0.333. The van der Waals surface area contributed by atoms with Crippen molar-refractivity contribution in [2.75, 3.05) is 6.54 Å². The van der Waals surface area contributed by atoms with E-state index in [1.54, 1.807) is 0 Å². The van der Waals surface area contributed by atoms with Crippen molar-refractivity contribution in [2.24, 2.45) is 5.73 Å². The Morgan fingerprint density at radius 2 is 2.11 bits per heavy atom. The van der Waals surface area contributed by atoms with Crippen LogP contribution in [0.5, 0.6) is 0 Å². The summed E-state index contributed by atoms with van der Waals surface area (Å²) in [4.78, 5) is 3.40.